The van der Waals surface area contributed by atoms with Crippen LogP contribution in [0, 0.1) is 5.82 Å². The Balaban J connectivity index is 1.81. The first-order valence-corrected chi connectivity index (χ1v) is 10.5. The molecule has 1 N–H and O–H groups in total. The highest BCUT2D eigenvalue weighted by atomic mass is 35.5. The smallest absolute Gasteiger partial charge is 0.344 e. The summed E-state index contributed by atoms with van der Waals surface area (Å²) in [6, 6.07) is 8.01. The van der Waals surface area contributed by atoms with Crippen LogP contribution in [0.3, 0.4) is 0 Å². The van der Waals surface area contributed by atoms with Gasteiger partial charge in [-0.05, 0) is 55.3 Å². The predicted molar refractivity (Wildman–Crippen MR) is 118 cm³/mol. The topological polar surface area (TPSA) is 94.2 Å². The Morgan fingerprint density at radius 3 is 2.52 bits per heavy atom. The first-order chi connectivity index (χ1) is 15.8. The van der Waals surface area contributed by atoms with Gasteiger partial charge in [0.25, 0.3) is 5.91 Å². The number of esters is 1. The van der Waals surface area contributed by atoms with Gasteiger partial charge in [0, 0.05) is 0 Å². The second kappa shape index (κ2) is 10.8. The van der Waals surface area contributed by atoms with Gasteiger partial charge in [0.15, 0.2) is 18.1 Å². The maximum atomic E-state index is 13.1. The maximum absolute atomic E-state index is 13.1. The van der Waals surface area contributed by atoms with Crippen LogP contribution in [0.4, 0.5) is 9.18 Å². The molecule has 10 heteroatoms. The molecule has 1 heterocycles. The van der Waals surface area contributed by atoms with E-state index in [2.05, 4.69) is 5.32 Å². The molecule has 2 aromatic rings. The summed E-state index contributed by atoms with van der Waals surface area (Å²) in [4.78, 5) is 37.7. The molecule has 174 valence electrons. The Morgan fingerprint density at radius 2 is 1.85 bits per heavy atom. The molecule has 0 saturated carbocycles. The van der Waals surface area contributed by atoms with Gasteiger partial charge in [-0.1, -0.05) is 23.7 Å². The van der Waals surface area contributed by atoms with Crippen molar-refractivity contribution in [2.75, 3.05) is 19.8 Å². The summed E-state index contributed by atoms with van der Waals surface area (Å²) in [5, 5.41) is 2.67. The third-order valence-electron chi connectivity index (χ3n) is 4.50. The zero-order chi connectivity index (χ0) is 24.0. The summed E-state index contributed by atoms with van der Waals surface area (Å²) in [6.45, 7) is 3.62. The SMILES string of the molecule is CCOC(=O)COc1c(Cl)cc(/C=C2/NC(=O)N(Cc3ccc(F)cc3)C2=O)cc1OCC. The Hall–Kier alpha value is -3.59. The fourth-order valence-electron chi connectivity index (χ4n) is 3.06. The second-order valence-electron chi connectivity index (χ2n) is 6.86. The van der Waals surface area contributed by atoms with Crippen LogP contribution in [0.25, 0.3) is 6.08 Å². The Labute approximate surface area is 194 Å². The standard InChI is InChI=1S/C23H22ClFN2O6/c1-3-31-19-11-15(9-17(24)21(19)33-13-20(28)32-4-2)10-18-22(29)27(23(30)26-18)12-14-5-7-16(25)8-6-14/h5-11H,3-4,12-13H2,1-2H3,(H,26,30)/b18-10+. The van der Waals surface area contributed by atoms with E-state index in [0.717, 1.165) is 4.90 Å². The summed E-state index contributed by atoms with van der Waals surface area (Å²) < 4.78 is 29.0. The lowest BCUT2D eigenvalue weighted by atomic mass is 10.1. The van der Waals surface area contributed by atoms with Crippen molar-refractivity contribution < 1.29 is 33.0 Å². The van der Waals surface area contributed by atoms with Gasteiger partial charge in [-0.3, -0.25) is 9.69 Å². The van der Waals surface area contributed by atoms with Crippen LogP contribution in [0.2, 0.25) is 5.02 Å². The van der Waals surface area contributed by atoms with E-state index in [1.165, 1.54) is 36.4 Å². The van der Waals surface area contributed by atoms with E-state index >= 15 is 0 Å². The molecule has 1 saturated heterocycles. The van der Waals surface area contributed by atoms with E-state index in [4.69, 9.17) is 25.8 Å². The summed E-state index contributed by atoms with van der Waals surface area (Å²) in [7, 11) is 0. The number of nitrogens with zero attached hydrogens (tertiary/aromatic N) is 1. The molecule has 2 aromatic carbocycles. The fourth-order valence-corrected chi connectivity index (χ4v) is 3.34. The number of carbonyl (C=O) groups excluding carboxylic acids is 3. The molecular weight excluding hydrogens is 455 g/mol. The molecule has 8 nitrogen and oxygen atoms in total. The molecule has 0 atom stereocenters. The Morgan fingerprint density at radius 1 is 1.12 bits per heavy atom. The third kappa shape index (κ3) is 6.01. The lowest BCUT2D eigenvalue weighted by Crippen LogP contribution is -2.30. The average molecular weight is 477 g/mol. The molecule has 1 fully saturated rings. The van der Waals surface area contributed by atoms with Crippen molar-refractivity contribution in [3.05, 3.63) is 64.1 Å². The van der Waals surface area contributed by atoms with Crippen molar-refractivity contribution in [3.63, 3.8) is 0 Å². The number of hydrogen-bond donors (Lipinski definition) is 1. The van der Waals surface area contributed by atoms with Gasteiger partial charge in [-0.15, -0.1) is 0 Å². The normalized spacial score (nSPS) is 14.4. The summed E-state index contributed by atoms with van der Waals surface area (Å²) in [5.41, 5.74) is 1.12. The van der Waals surface area contributed by atoms with Gasteiger partial charge in [-0.25, -0.2) is 14.0 Å². The number of imide groups is 1. The van der Waals surface area contributed by atoms with Crippen LogP contribution in [-0.4, -0.2) is 42.6 Å². The first kappa shape index (κ1) is 24.1. The highest BCUT2D eigenvalue weighted by Gasteiger charge is 2.33. The van der Waals surface area contributed by atoms with Crippen LogP contribution in [0.5, 0.6) is 11.5 Å². The number of nitrogens with one attached hydrogen (secondary N) is 1. The lowest BCUT2D eigenvalue weighted by molar-refractivity contribution is -0.145. The highest BCUT2D eigenvalue weighted by molar-refractivity contribution is 6.32. The Kier molecular flexibility index (Phi) is 7.89. The summed E-state index contributed by atoms with van der Waals surface area (Å²) in [6.07, 6.45) is 1.45. The third-order valence-corrected chi connectivity index (χ3v) is 4.78. The van der Waals surface area contributed by atoms with E-state index in [9.17, 15) is 18.8 Å². The van der Waals surface area contributed by atoms with Crippen LogP contribution >= 0.6 is 11.6 Å². The van der Waals surface area contributed by atoms with Gasteiger partial charge in [0.1, 0.15) is 11.5 Å². The van der Waals surface area contributed by atoms with Crippen molar-refractivity contribution in [1.29, 1.82) is 0 Å². The minimum atomic E-state index is -0.596. The lowest BCUT2D eigenvalue weighted by Gasteiger charge is -2.14. The van der Waals surface area contributed by atoms with Crippen molar-refractivity contribution >= 4 is 35.6 Å². The number of urea groups is 1. The van der Waals surface area contributed by atoms with Crippen molar-refractivity contribution in [1.82, 2.24) is 10.2 Å². The monoisotopic (exact) mass is 476 g/mol. The quantitative estimate of drug-likeness (QED) is 0.335. The molecule has 3 rings (SSSR count). The zero-order valence-electron chi connectivity index (χ0n) is 18.0. The van der Waals surface area contributed by atoms with Crippen LogP contribution in [0.1, 0.15) is 25.0 Å². The van der Waals surface area contributed by atoms with Gasteiger partial charge in [0.2, 0.25) is 0 Å². The number of rotatable bonds is 9. The zero-order valence-corrected chi connectivity index (χ0v) is 18.8. The van der Waals surface area contributed by atoms with Gasteiger partial charge < -0.3 is 19.5 Å². The molecule has 1 aliphatic rings. The molecule has 1 aliphatic heterocycles. The molecule has 0 aromatic heterocycles. The number of carbonyl (C=O) groups is 3. The molecule has 33 heavy (non-hydrogen) atoms. The summed E-state index contributed by atoms with van der Waals surface area (Å²) in [5.74, 6) is -1.08. The number of amides is 3. The van der Waals surface area contributed by atoms with Crippen molar-refractivity contribution in [3.8, 4) is 11.5 Å². The average Bonchev–Trinajstić information content (AvgIpc) is 3.02. The van der Waals surface area contributed by atoms with Crippen LogP contribution in [0.15, 0.2) is 42.1 Å². The molecule has 0 spiro atoms. The fraction of sp³-hybridized carbons (Fsp3) is 0.261. The van der Waals surface area contributed by atoms with E-state index in [-0.39, 0.29) is 42.0 Å². The molecule has 0 radical (unpaired) electrons. The number of halogens is 2. The minimum Gasteiger partial charge on any atom is -0.490 e. The molecule has 0 bridgehead atoms. The maximum Gasteiger partial charge on any atom is 0.344 e. The Bertz CT molecular complexity index is 1090. The minimum absolute atomic E-state index is 0.00608. The number of benzene rings is 2. The van der Waals surface area contributed by atoms with E-state index in [1.807, 2.05) is 0 Å². The predicted octanol–water partition coefficient (Wildman–Crippen LogP) is 3.91. The highest BCUT2D eigenvalue weighted by Crippen LogP contribution is 2.37. The van der Waals surface area contributed by atoms with Crippen LogP contribution in [-0.2, 0) is 20.9 Å². The number of ether oxygens (including phenoxy) is 3. The van der Waals surface area contributed by atoms with Crippen molar-refractivity contribution in [2.45, 2.75) is 20.4 Å². The first-order valence-electron chi connectivity index (χ1n) is 10.2. The molecular formula is C23H22ClFN2O6. The number of hydrogen-bond acceptors (Lipinski definition) is 6. The molecule has 0 aliphatic carbocycles. The second-order valence-corrected chi connectivity index (χ2v) is 7.27. The van der Waals surface area contributed by atoms with Gasteiger partial charge >= 0.3 is 12.0 Å². The van der Waals surface area contributed by atoms with E-state index in [0.29, 0.717) is 17.7 Å². The van der Waals surface area contributed by atoms with Crippen molar-refractivity contribution in [2.24, 2.45) is 0 Å². The molecule has 3 amide bonds. The summed E-state index contributed by atoms with van der Waals surface area (Å²) >= 11 is 6.33. The largest absolute Gasteiger partial charge is 0.490 e. The van der Waals surface area contributed by atoms with Crippen LogP contribution < -0.4 is 14.8 Å². The molecule has 0 unspecified atom stereocenters. The van der Waals surface area contributed by atoms with Gasteiger partial charge in [0.05, 0.1) is 24.8 Å². The van der Waals surface area contributed by atoms with Gasteiger partial charge in [-0.2, -0.15) is 0 Å². The van der Waals surface area contributed by atoms with E-state index < -0.39 is 23.7 Å². The van der Waals surface area contributed by atoms with E-state index in [1.54, 1.807) is 19.9 Å².